The summed E-state index contributed by atoms with van der Waals surface area (Å²) in [4.78, 5) is 28.5. The summed E-state index contributed by atoms with van der Waals surface area (Å²) in [5.41, 5.74) is 3.28. The summed E-state index contributed by atoms with van der Waals surface area (Å²) < 4.78 is 5.73. The van der Waals surface area contributed by atoms with Crippen molar-refractivity contribution in [1.82, 2.24) is 10.3 Å². The molecule has 6 heteroatoms. The van der Waals surface area contributed by atoms with Gasteiger partial charge in [0.15, 0.2) is 0 Å². The number of carbonyl (C=O) groups is 2. The van der Waals surface area contributed by atoms with Crippen molar-refractivity contribution in [2.45, 2.75) is 32.2 Å². The molecule has 2 heterocycles. The van der Waals surface area contributed by atoms with Crippen molar-refractivity contribution in [3.8, 4) is 11.6 Å². The molecule has 1 aliphatic heterocycles. The van der Waals surface area contributed by atoms with Crippen LogP contribution in [0.5, 0.6) is 11.6 Å². The lowest BCUT2D eigenvalue weighted by molar-refractivity contribution is -0.123. The predicted molar refractivity (Wildman–Crippen MR) is 115 cm³/mol. The molecule has 2 amide bonds. The summed E-state index contributed by atoms with van der Waals surface area (Å²) in [6, 6.07) is 18.3. The van der Waals surface area contributed by atoms with E-state index < -0.39 is 0 Å². The molecule has 0 saturated carbocycles. The molecule has 152 valence electrons. The highest BCUT2D eigenvalue weighted by Gasteiger charge is 2.20. The molecule has 1 aliphatic rings. The van der Waals surface area contributed by atoms with Gasteiger partial charge in [-0.1, -0.05) is 12.1 Å². The molecule has 6 nitrogen and oxygen atoms in total. The third-order valence-electron chi connectivity index (χ3n) is 5.01. The van der Waals surface area contributed by atoms with Crippen molar-refractivity contribution in [1.29, 1.82) is 0 Å². The van der Waals surface area contributed by atoms with Gasteiger partial charge >= 0.3 is 0 Å². The quantitative estimate of drug-likeness (QED) is 0.645. The lowest BCUT2D eigenvalue weighted by Crippen LogP contribution is -2.32. The van der Waals surface area contributed by atoms with E-state index in [2.05, 4.69) is 15.6 Å². The Morgan fingerprint density at radius 1 is 1.13 bits per heavy atom. The Morgan fingerprint density at radius 3 is 2.73 bits per heavy atom. The Labute approximate surface area is 175 Å². The lowest BCUT2D eigenvalue weighted by Gasteiger charge is -2.24. The van der Waals surface area contributed by atoms with E-state index in [1.54, 1.807) is 30.5 Å². The average molecular weight is 401 g/mol. The minimum atomic E-state index is -0.208. The number of rotatable bonds is 5. The number of hydrogen-bond donors (Lipinski definition) is 2. The number of ether oxygens (including phenoxy) is 1. The highest BCUT2D eigenvalue weighted by Crippen LogP contribution is 2.26. The van der Waals surface area contributed by atoms with Crippen LogP contribution in [0.3, 0.4) is 0 Å². The smallest absolute Gasteiger partial charge is 0.255 e. The van der Waals surface area contributed by atoms with Gasteiger partial charge in [-0.25, -0.2) is 4.98 Å². The summed E-state index contributed by atoms with van der Waals surface area (Å²) >= 11 is 0. The Balaban J connectivity index is 1.41. The minimum absolute atomic E-state index is 0.00485. The van der Waals surface area contributed by atoms with Crippen molar-refractivity contribution in [2.24, 2.45) is 0 Å². The molecule has 1 saturated heterocycles. The number of aromatic nitrogens is 1. The molecule has 1 atom stereocenters. The molecule has 1 unspecified atom stereocenters. The van der Waals surface area contributed by atoms with Gasteiger partial charge in [-0.2, -0.15) is 0 Å². The SMILES string of the molecule is Cc1ccnc(Oc2ccc(C(=O)Nc3cccc(C4CCCC(=O)N4)c3)cc2)c1. The second kappa shape index (κ2) is 8.78. The zero-order chi connectivity index (χ0) is 20.9. The second-order valence-corrected chi connectivity index (χ2v) is 7.39. The first-order valence-electron chi connectivity index (χ1n) is 9.98. The zero-order valence-electron chi connectivity index (χ0n) is 16.7. The number of anilines is 1. The minimum Gasteiger partial charge on any atom is -0.439 e. The summed E-state index contributed by atoms with van der Waals surface area (Å²) in [5.74, 6) is 0.988. The summed E-state index contributed by atoms with van der Waals surface area (Å²) in [6.07, 6.45) is 4.05. The fourth-order valence-electron chi connectivity index (χ4n) is 3.45. The van der Waals surface area contributed by atoms with Crippen molar-refractivity contribution in [2.75, 3.05) is 5.32 Å². The van der Waals surface area contributed by atoms with E-state index in [4.69, 9.17) is 4.74 Å². The summed E-state index contributed by atoms with van der Waals surface area (Å²) in [7, 11) is 0. The number of benzene rings is 2. The Bertz CT molecular complexity index is 1060. The number of carbonyl (C=O) groups excluding carboxylic acids is 2. The molecular weight excluding hydrogens is 378 g/mol. The van der Waals surface area contributed by atoms with Crippen LogP contribution in [0.2, 0.25) is 0 Å². The fourth-order valence-corrected chi connectivity index (χ4v) is 3.45. The van der Waals surface area contributed by atoms with Crippen molar-refractivity contribution < 1.29 is 14.3 Å². The van der Waals surface area contributed by atoms with Crippen LogP contribution in [0, 0.1) is 6.92 Å². The van der Waals surface area contributed by atoms with Crippen LogP contribution >= 0.6 is 0 Å². The van der Waals surface area contributed by atoms with Gasteiger partial charge in [0.25, 0.3) is 5.91 Å². The third-order valence-corrected chi connectivity index (χ3v) is 5.01. The standard InChI is InChI=1S/C24H23N3O3/c1-16-12-13-25-23(14-16)30-20-10-8-17(9-11-20)24(29)26-19-5-2-4-18(15-19)21-6-3-7-22(28)27-21/h2,4-5,8-15,21H,3,6-7H2,1H3,(H,26,29)(H,27,28). The fraction of sp³-hybridized carbons (Fsp3) is 0.208. The highest BCUT2D eigenvalue weighted by atomic mass is 16.5. The van der Waals surface area contributed by atoms with Crippen LogP contribution in [0.1, 0.15) is 46.8 Å². The second-order valence-electron chi connectivity index (χ2n) is 7.39. The van der Waals surface area contributed by atoms with Gasteiger partial charge in [-0.15, -0.1) is 0 Å². The molecule has 0 bridgehead atoms. The molecule has 0 aliphatic carbocycles. The van der Waals surface area contributed by atoms with E-state index in [1.807, 2.05) is 43.3 Å². The van der Waals surface area contributed by atoms with E-state index in [1.165, 1.54) is 0 Å². The maximum atomic E-state index is 12.6. The van der Waals surface area contributed by atoms with Gasteiger partial charge in [0, 0.05) is 29.9 Å². The zero-order valence-corrected chi connectivity index (χ0v) is 16.7. The van der Waals surface area contributed by atoms with Gasteiger partial charge in [-0.05, 0) is 73.4 Å². The molecular formula is C24H23N3O3. The normalized spacial score (nSPS) is 15.9. The van der Waals surface area contributed by atoms with Gasteiger partial charge in [0.05, 0.1) is 6.04 Å². The molecule has 30 heavy (non-hydrogen) atoms. The highest BCUT2D eigenvalue weighted by molar-refractivity contribution is 6.04. The Morgan fingerprint density at radius 2 is 1.97 bits per heavy atom. The molecule has 1 fully saturated rings. The first-order chi connectivity index (χ1) is 14.6. The van der Waals surface area contributed by atoms with Crippen molar-refractivity contribution in [3.05, 3.63) is 83.6 Å². The van der Waals surface area contributed by atoms with Crippen LogP contribution in [0.4, 0.5) is 5.69 Å². The number of pyridine rings is 1. The average Bonchev–Trinajstić information content (AvgIpc) is 2.74. The van der Waals surface area contributed by atoms with Crippen molar-refractivity contribution >= 4 is 17.5 Å². The van der Waals surface area contributed by atoms with Gasteiger partial charge in [0.1, 0.15) is 5.75 Å². The predicted octanol–water partition coefficient (Wildman–Crippen LogP) is 4.78. The van der Waals surface area contributed by atoms with Gasteiger partial charge in [-0.3, -0.25) is 9.59 Å². The molecule has 4 rings (SSSR count). The molecule has 2 N–H and O–H groups in total. The molecule has 3 aromatic rings. The van der Waals surface area contributed by atoms with Crippen LogP contribution in [-0.4, -0.2) is 16.8 Å². The Hall–Kier alpha value is -3.67. The van der Waals surface area contributed by atoms with E-state index in [-0.39, 0.29) is 17.9 Å². The maximum Gasteiger partial charge on any atom is 0.255 e. The Kier molecular flexibility index (Phi) is 5.75. The topological polar surface area (TPSA) is 80.3 Å². The first-order valence-corrected chi connectivity index (χ1v) is 9.98. The molecule has 2 aromatic carbocycles. The monoisotopic (exact) mass is 401 g/mol. The van der Waals surface area contributed by atoms with Crippen LogP contribution in [0.25, 0.3) is 0 Å². The molecule has 1 aromatic heterocycles. The van der Waals surface area contributed by atoms with Crippen molar-refractivity contribution in [3.63, 3.8) is 0 Å². The number of nitrogens with one attached hydrogen (secondary N) is 2. The van der Waals surface area contributed by atoms with Gasteiger partial charge in [0.2, 0.25) is 11.8 Å². The van der Waals surface area contributed by atoms with E-state index in [0.717, 1.165) is 24.0 Å². The van der Waals surface area contributed by atoms with Crippen LogP contribution in [0.15, 0.2) is 66.9 Å². The number of aryl methyl sites for hydroxylation is 1. The summed E-state index contributed by atoms with van der Waals surface area (Å²) in [5, 5.41) is 5.92. The van der Waals surface area contributed by atoms with E-state index >= 15 is 0 Å². The number of hydrogen-bond acceptors (Lipinski definition) is 4. The molecule has 0 spiro atoms. The van der Waals surface area contributed by atoms with Crippen LogP contribution < -0.4 is 15.4 Å². The number of piperidine rings is 1. The van der Waals surface area contributed by atoms with E-state index in [9.17, 15) is 9.59 Å². The maximum absolute atomic E-state index is 12.6. The lowest BCUT2D eigenvalue weighted by atomic mass is 9.97. The first kappa shape index (κ1) is 19.6. The number of nitrogens with zero attached hydrogens (tertiary/aromatic N) is 1. The third kappa shape index (κ3) is 4.84. The van der Waals surface area contributed by atoms with Gasteiger partial charge < -0.3 is 15.4 Å². The van der Waals surface area contributed by atoms with Crippen LogP contribution in [-0.2, 0) is 4.79 Å². The van der Waals surface area contributed by atoms with E-state index in [0.29, 0.717) is 29.3 Å². The largest absolute Gasteiger partial charge is 0.439 e. The summed E-state index contributed by atoms with van der Waals surface area (Å²) in [6.45, 7) is 1.97. The number of amides is 2. The molecule has 0 radical (unpaired) electrons.